The number of anilines is 2. The summed E-state index contributed by atoms with van der Waals surface area (Å²) in [5, 5.41) is 8.86. The summed E-state index contributed by atoms with van der Waals surface area (Å²) >= 11 is 0. The van der Waals surface area contributed by atoms with Crippen LogP contribution >= 0.6 is 0 Å². The predicted molar refractivity (Wildman–Crippen MR) is 98.3 cm³/mol. The highest BCUT2D eigenvalue weighted by Crippen LogP contribution is 2.21. The van der Waals surface area contributed by atoms with Crippen molar-refractivity contribution in [2.45, 2.75) is 65.3 Å². The van der Waals surface area contributed by atoms with Gasteiger partial charge in [0, 0.05) is 23.3 Å². The standard InChI is InChI=1S/C19H29N3O2/c1-13(2)18(23)20-16-11-10-14(3)17(12-16)22-19(24)21-15-8-6-4-5-7-9-15/h10-13,15H,4-9H2,1-3H3,(H,20,23)(H2,21,22,24). The van der Waals surface area contributed by atoms with E-state index in [9.17, 15) is 9.59 Å². The summed E-state index contributed by atoms with van der Waals surface area (Å²) in [6.45, 7) is 5.64. The highest BCUT2D eigenvalue weighted by atomic mass is 16.2. The van der Waals surface area contributed by atoms with Gasteiger partial charge in [0.25, 0.3) is 0 Å². The van der Waals surface area contributed by atoms with Crippen LogP contribution in [0.1, 0.15) is 57.9 Å². The first-order chi connectivity index (χ1) is 11.5. The van der Waals surface area contributed by atoms with E-state index in [1.165, 1.54) is 25.7 Å². The molecule has 1 fully saturated rings. The lowest BCUT2D eigenvalue weighted by Gasteiger charge is -2.18. The van der Waals surface area contributed by atoms with Gasteiger partial charge in [-0.1, -0.05) is 45.6 Å². The maximum atomic E-state index is 12.3. The monoisotopic (exact) mass is 331 g/mol. The molecule has 0 heterocycles. The molecule has 0 aromatic heterocycles. The minimum atomic E-state index is -0.169. The number of aryl methyl sites for hydroxylation is 1. The van der Waals surface area contributed by atoms with E-state index >= 15 is 0 Å². The zero-order chi connectivity index (χ0) is 17.5. The second kappa shape index (κ2) is 8.71. The summed E-state index contributed by atoms with van der Waals surface area (Å²) in [7, 11) is 0. The van der Waals surface area contributed by atoms with Crippen molar-refractivity contribution in [1.82, 2.24) is 5.32 Å². The molecule has 132 valence electrons. The summed E-state index contributed by atoms with van der Waals surface area (Å²) in [6, 6.07) is 5.65. The molecule has 5 heteroatoms. The Morgan fingerprint density at radius 1 is 1.04 bits per heavy atom. The Balaban J connectivity index is 1.97. The van der Waals surface area contributed by atoms with Gasteiger partial charge in [-0.05, 0) is 37.5 Å². The first-order valence-corrected chi connectivity index (χ1v) is 8.94. The third-order valence-electron chi connectivity index (χ3n) is 4.47. The van der Waals surface area contributed by atoms with E-state index in [-0.39, 0.29) is 23.9 Å². The Morgan fingerprint density at radius 3 is 2.33 bits per heavy atom. The number of hydrogen-bond donors (Lipinski definition) is 3. The Bertz CT molecular complexity index is 576. The van der Waals surface area contributed by atoms with Crippen molar-refractivity contribution >= 4 is 23.3 Å². The van der Waals surface area contributed by atoms with Crippen LogP contribution < -0.4 is 16.0 Å². The maximum absolute atomic E-state index is 12.3. The van der Waals surface area contributed by atoms with Gasteiger partial charge in [0.05, 0.1) is 0 Å². The Kier molecular flexibility index (Phi) is 6.64. The molecule has 1 aliphatic rings. The van der Waals surface area contributed by atoms with Gasteiger partial charge in [0.15, 0.2) is 0 Å². The summed E-state index contributed by atoms with van der Waals surface area (Å²) in [5.74, 6) is -0.117. The zero-order valence-corrected chi connectivity index (χ0v) is 14.9. The number of carbonyl (C=O) groups excluding carboxylic acids is 2. The van der Waals surface area contributed by atoms with Crippen LogP contribution in [0.2, 0.25) is 0 Å². The van der Waals surface area contributed by atoms with E-state index in [0.717, 1.165) is 24.1 Å². The van der Waals surface area contributed by atoms with Gasteiger partial charge in [-0.3, -0.25) is 4.79 Å². The first-order valence-electron chi connectivity index (χ1n) is 8.94. The summed E-state index contributed by atoms with van der Waals surface area (Å²) < 4.78 is 0. The van der Waals surface area contributed by atoms with E-state index in [0.29, 0.717) is 5.69 Å². The molecule has 1 aromatic rings. The second-order valence-electron chi connectivity index (χ2n) is 6.96. The maximum Gasteiger partial charge on any atom is 0.319 e. The smallest absolute Gasteiger partial charge is 0.319 e. The van der Waals surface area contributed by atoms with Crippen molar-refractivity contribution in [2.24, 2.45) is 5.92 Å². The van der Waals surface area contributed by atoms with Crippen molar-refractivity contribution in [3.8, 4) is 0 Å². The quantitative estimate of drug-likeness (QED) is 0.714. The Labute approximate surface area is 144 Å². The minimum Gasteiger partial charge on any atom is -0.335 e. The van der Waals surface area contributed by atoms with Crippen molar-refractivity contribution in [3.05, 3.63) is 23.8 Å². The molecule has 3 amide bonds. The van der Waals surface area contributed by atoms with Crippen molar-refractivity contribution in [3.63, 3.8) is 0 Å². The SMILES string of the molecule is Cc1ccc(NC(=O)C(C)C)cc1NC(=O)NC1CCCCCC1. The normalized spacial score (nSPS) is 15.7. The molecule has 2 rings (SSSR count). The molecule has 0 atom stereocenters. The average Bonchev–Trinajstić information content (AvgIpc) is 2.79. The molecule has 0 saturated heterocycles. The molecule has 24 heavy (non-hydrogen) atoms. The molecular formula is C19H29N3O2. The van der Waals surface area contributed by atoms with Crippen LogP contribution in [0.15, 0.2) is 18.2 Å². The fourth-order valence-corrected chi connectivity index (χ4v) is 2.89. The molecule has 0 radical (unpaired) electrons. The fraction of sp³-hybridized carbons (Fsp3) is 0.579. The molecule has 0 spiro atoms. The van der Waals surface area contributed by atoms with Crippen LogP contribution in [0.4, 0.5) is 16.2 Å². The fourth-order valence-electron chi connectivity index (χ4n) is 2.89. The lowest BCUT2D eigenvalue weighted by atomic mass is 10.1. The Morgan fingerprint density at radius 2 is 1.71 bits per heavy atom. The van der Waals surface area contributed by atoms with Crippen LogP contribution in [0, 0.1) is 12.8 Å². The van der Waals surface area contributed by atoms with Crippen LogP contribution in [0.5, 0.6) is 0 Å². The highest BCUT2D eigenvalue weighted by molar-refractivity contribution is 5.94. The van der Waals surface area contributed by atoms with Gasteiger partial charge in [0.2, 0.25) is 5.91 Å². The van der Waals surface area contributed by atoms with E-state index in [4.69, 9.17) is 0 Å². The highest BCUT2D eigenvalue weighted by Gasteiger charge is 2.15. The third-order valence-corrected chi connectivity index (χ3v) is 4.47. The molecule has 0 bridgehead atoms. The summed E-state index contributed by atoms with van der Waals surface area (Å²) in [4.78, 5) is 24.1. The molecule has 5 nitrogen and oxygen atoms in total. The zero-order valence-electron chi connectivity index (χ0n) is 14.9. The lowest BCUT2D eigenvalue weighted by molar-refractivity contribution is -0.118. The summed E-state index contributed by atoms with van der Waals surface area (Å²) in [6.07, 6.45) is 6.99. The van der Waals surface area contributed by atoms with Crippen molar-refractivity contribution in [1.29, 1.82) is 0 Å². The molecule has 1 aromatic carbocycles. The predicted octanol–water partition coefficient (Wildman–Crippen LogP) is 4.43. The van der Waals surface area contributed by atoms with Crippen LogP contribution in [-0.2, 0) is 4.79 Å². The van der Waals surface area contributed by atoms with Crippen molar-refractivity contribution in [2.75, 3.05) is 10.6 Å². The number of rotatable bonds is 4. The number of amides is 3. The Hall–Kier alpha value is -2.04. The largest absolute Gasteiger partial charge is 0.335 e. The first kappa shape index (κ1) is 18.3. The minimum absolute atomic E-state index is 0.0345. The van der Waals surface area contributed by atoms with E-state index in [2.05, 4.69) is 16.0 Å². The van der Waals surface area contributed by atoms with E-state index in [1.54, 1.807) is 0 Å². The van der Waals surface area contributed by atoms with Crippen LogP contribution in [0.3, 0.4) is 0 Å². The van der Waals surface area contributed by atoms with E-state index in [1.807, 2.05) is 39.0 Å². The topological polar surface area (TPSA) is 70.2 Å². The molecule has 1 aliphatic carbocycles. The number of carbonyl (C=O) groups is 2. The van der Waals surface area contributed by atoms with Crippen molar-refractivity contribution < 1.29 is 9.59 Å². The van der Waals surface area contributed by atoms with Crippen LogP contribution in [-0.4, -0.2) is 18.0 Å². The molecule has 3 N–H and O–H groups in total. The second-order valence-corrected chi connectivity index (χ2v) is 6.96. The van der Waals surface area contributed by atoms with Gasteiger partial charge < -0.3 is 16.0 Å². The van der Waals surface area contributed by atoms with Crippen LogP contribution in [0.25, 0.3) is 0 Å². The molecule has 0 aliphatic heterocycles. The average molecular weight is 331 g/mol. The number of nitrogens with one attached hydrogen (secondary N) is 3. The number of urea groups is 1. The molecule has 1 saturated carbocycles. The van der Waals surface area contributed by atoms with E-state index < -0.39 is 0 Å². The van der Waals surface area contributed by atoms with Gasteiger partial charge >= 0.3 is 6.03 Å². The van der Waals surface area contributed by atoms with Gasteiger partial charge in [-0.2, -0.15) is 0 Å². The molecular weight excluding hydrogens is 302 g/mol. The number of hydrogen-bond acceptors (Lipinski definition) is 2. The van der Waals surface area contributed by atoms with Gasteiger partial charge in [0.1, 0.15) is 0 Å². The third kappa shape index (κ3) is 5.55. The summed E-state index contributed by atoms with van der Waals surface area (Å²) in [5.41, 5.74) is 2.39. The molecule has 0 unspecified atom stereocenters. The number of benzene rings is 1. The van der Waals surface area contributed by atoms with Gasteiger partial charge in [-0.25, -0.2) is 4.79 Å². The lowest BCUT2D eigenvalue weighted by Crippen LogP contribution is -2.37. The van der Waals surface area contributed by atoms with Gasteiger partial charge in [-0.15, -0.1) is 0 Å².